The van der Waals surface area contributed by atoms with Crippen LogP contribution in [-0.2, 0) is 4.84 Å². The quantitative estimate of drug-likeness (QED) is 0.720. The maximum atomic E-state index is 5.15. The lowest BCUT2D eigenvalue weighted by molar-refractivity contribution is 0.210. The van der Waals surface area contributed by atoms with Crippen LogP contribution in [0.4, 0.5) is 5.69 Å². The molecular formula is C11H17NO. The third-order valence-electron chi connectivity index (χ3n) is 2.38. The predicted molar refractivity (Wildman–Crippen MR) is 55.9 cm³/mol. The lowest BCUT2D eigenvalue weighted by atomic mass is 10.0. The Labute approximate surface area is 79.9 Å². The number of rotatable bonds is 3. The fourth-order valence-electron chi connectivity index (χ4n) is 1.22. The van der Waals surface area contributed by atoms with E-state index in [4.69, 9.17) is 4.84 Å². The van der Waals surface area contributed by atoms with Crippen LogP contribution in [-0.4, -0.2) is 6.61 Å². The Morgan fingerprint density at radius 1 is 1.15 bits per heavy atom. The highest BCUT2D eigenvalue weighted by molar-refractivity contribution is 5.54. The molecule has 1 aromatic carbocycles. The van der Waals surface area contributed by atoms with E-state index in [0.29, 0.717) is 6.61 Å². The molecule has 2 nitrogen and oxygen atoms in total. The maximum absolute atomic E-state index is 5.15. The van der Waals surface area contributed by atoms with Crippen LogP contribution >= 0.6 is 0 Å². The van der Waals surface area contributed by atoms with Gasteiger partial charge in [-0.2, -0.15) is 0 Å². The Balaban J connectivity index is 2.90. The van der Waals surface area contributed by atoms with Gasteiger partial charge in [0.15, 0.2) is 0 Å². The van der Waals surface area contributed by atoms with Crippen LogP contribution in [0.3, 0.4) is 0 Å². The Hall–Kier alpha value is -1.02. The summed E-state index contributed by atoms with van der Waals surface area (Å²) in [4.78, 5) is 5.15. The van der Waals surface area contributed by atoms with E-state index in [1.165, 1.54) is 16.7 Å². The minimum atomic E-state index is 0.673. The van der Waals surface area contributed by atoms with Gasteiger partial charge in [-0.3, -0.25) is 10.3 Å². The lowest BCUT2D eigenvalue weighted by Gasteiger charge is -2.12. The fraction of sp³-hybridized carbons (Fsp3) is 0.455. The number of hydrogen-bond acceptors (Lipinski definition) is 2. The smallest absolute Gasteiger partial charge is 0.0717 e. The van der Waals surface area contributed by atoms with Gasteiger partial charge in [0.05, 0.1) is 12.3 Å². The summed E-state index contributed by atoms with van der Waals surface area (Å²) < 4.78 is 0. The molecular weight excluding hydrogens is 162 g/mol. The molecule has 0 heterocycles. The van der Waals surface area contributed by atoms with Crippen molar-refractivity contribution < 1.29 is 4.84 Å². The van der Waals surface area contributed by atoms with E-state index in [0.717, 1.165) is 5.69 Å². The van der Waals surface area contributed by atoms with Gasteiger partial charge in [0, 0.05) is 0 Å². The van der Waals surface area contributed by atoms with E-state index in [-0.39, 0.29) is 0 Å². The van der Waals surface area contributed by atoms with Crippen LogP contribution in [0.1, 0.15) is 23.6 Å². The third-order valence-corrected chi connectivity index (χ3v) is 2.38. The summed E-state index contributed by atoms with van der Waals surface area (Å²) in [6, 6.07) is 4.15. The van der Waals surface area contributed by atoms with Gasteiger partial charge in [0.1, 0.15) is 0 Å². The second-order valence-corrected chi connectivity index (χ2v) is 3.22. The fourth-order valence-corrected chi connectivity index (χ4v) is 1.22. The van der Waals surface area contributed by atoms with Crippen molar-refractivity contribution in [2.24, 2.45) is 0 Å². The van der Waals surface area contributed by atoms with Gasteiger partial charge in [-0.1, -0.05) is 6.07 Å². The van der Waals surface area contributed by atoms with E-state index in [1.54, 1.807) is 0 Å². The van der Waals surface area contributed by atoms with E-state index in [2.05, 4.69) is 32.3 Å². The van der Waals surface area contributed by atoms with E-state index < -0.39 is 0 Å². The molecule has 0 spiro atoms. The molecule has 2 heteroatoms. The monoisotopic (exact) mass is 179 g/mol. The van der Waals surface area contributed by atoms with Gasteiger partial charge in [-0.15, -0.1) is 0 Å². The molecule has 0 fully saturated rings. The first-order chi connectivity index (χ1) is 6.16. The number of hydrogen-bond donors (Lipinski definition) is 1. The van der Waals surface area contributed by atoms with Crippen LogP contribution in [0.25, 0.3) is 0 Å². The average Bonchev–Trinajstić information content (AvgIpc) is 2.13. The Bertz CT molecular complexity index is 294. The van der Waals surface area contributed by atoms with E-state index >= 15 is 0 Å². The summed E-state index contributed by atoms with van der Waals surface area (Å²) in [5.41, 5.74) is 7.89. The second kappa shape index (κ2) is 4.28. The van der Waals surface area contributed by atoms with Crippen LogP contribution in [0.2, 0.25) is 0 Å². The van der Waals surface area contributed by atoms with Crippen molar-refractivity contribution in [3.8, 4) is 0 Å². The molecule has 0 radical (unpaired) electrons. The number of nitrogens with one attached hydrogen (secondary N) is 1. The van der Waals surface area contributed by atoms with Crippen LogP contribution in [0.15, 0.2) is 12.1 Å². The molecule has 0 unspecified atom stereocenters. The molecule has 0 aliphatic heterocycles. The predicted octanol–water partition coefficient (Wildman–Crippen LogP) is 2.98. The highest BCUT2D eigenvalue weighted by Gasteiger charge is 2.02. The van der Waals surface area contributed by atoms with Crippen LogP contribution in [0.5, 0.6) is 0 Å². The second-order valence-electron chi connectivity index (χ2n) is 3.22. The average molecular weight is 179 g/mol. The largest absolute Gasteiger partial charge is 0.276 e. The summed E-state index contributed by atoms with van der Waals surface area (Å²) in [6.45, 7) is 8.98. The van der Waals surface area contributed by atoms with Crippen molar-refractivity contribution in [1.82, 2.24) is 0 Å². The normalized spacial score (nSPS) is 10.2. The summed E-state index contributed by atoms with van der Waals surface area (Å²) in [5, 5.41) is 0. The first-order valence-electron chi connectivity index (χ1n) is 4.61. The Morgan fingerprint density at radius 3 is 2.46 bits per heavy atom. The van der Waals surface area contributed by atoms with Crippen LogP contribution in [0, 0.1) is 20.8 Å². The molecule has 0 atom stereocenters. The molecule has 0 amide bonds. The van der Waals surface area contributed by atoms with Gasteiger partial charge >= 0.3 is 0 Å². The molecule has 13 heavy (non-hydrogen) atoms. The minimum Gasteiger partial charge on any atom is -0.276 e. The zero-order valence-electron chi connectivity index (χ0n) is 8.77. The SMILES string of the molecule is CCONc1ccc(C)c(C)c1C. The highest BCUT2D eigenvalue weighted by Crippen LogP contribution is 2.21. The molecule has 0 aliphatic rings. The molecule has 0 saturated carbocycles. The Kier molecular flexibility index (Phi) is 3.32. The molecule has 72 valence electrons. The van der Waals surface area contributed by atoms with Crippen molar-refractivity contribution in [2.45, 2.75) is 27.7 Å². The first-order valence-corrected chi connectivity index (χ1v) is 4.61. The topological polar surface area (TPSA) is 21.3 Å². The van der Waals surface area contributed by atoms with Gasteiger partial charge in [0.2, 0.25) is 0 Å². The van der Waals surface area contributed by atoms with Crippen LogP contribution < -0.4 is 5.48 Å². The molecule has 0 saturated heterocycles. The maximum Gasteiger partial charge on any atom is 0.0717 e. The summed E-state index contributed by atoms with van der Waals surface area (Å²) in [6.07, 6.45) is 0. The summed E-state index contributed by atoms with van der Waals surface area (Å²) >= 11 is 0. The lowest BCUT2D eigenvalue weighted by Crippen LogP contribution is -2.03. The molecule has 0 aromatic heterocycles. The van der Waals surface area contributed by atoms with Gasteiger partial charge < -0.3 is 0 Å². The zero-order chi connectivity index (χ0) is 9.84. The third kappa shape index (κ3) is 2.22. The first kappa shape index (κ1) is 10.1. The van der Waals surface area contributed by atoms with Gasteiger partial charge in [-0.05, 0) is 50.5 Å². The highest BCUT2D eigenvalue weighted by atomic mass is 16.6. The van der Waals surface area contributed by atoms with Gasteiger partial charge in [0.25, 0.3) is 0 Å². The van der Waals surface area contributed by atoms with E-state index in [9.17, 15) is 0 Å². The molecule has 1 N–H and O–H groups in total. The molecule has 1 aromatic rings. The number of benzene rings is 1. The standard InChI is InChI=1S/C11H17NO/c1-5-13-12-11-7-6-8(2)9(3)10(11)4/h6-7,12H,5H2,1-4H3. The minimum absolute atomic E-state index is 0.673. The molecule has 0 aliphatic carbocycles. The van der Waals surface area contributed by atoms with E-state index in [1.807, 2.05) is 13.0 Å². The number of anilines is 1. The molecule has 0 bridgehead atoms. The van der Waals surface area contributed by atoms with Crippen molar-refractivity contribution in [2.75, 3.05) is 12.1 Å². The van der Waals surface area contributed by atoms with Crippen molar-refractivity contribution in [3.63, 3.8) is 0 Å². The van der Waals surface area contributed by atoms with Gasteiger partial charge in [-0.25, -0.2) is 0 Å². The van der Waals surface area contributed by atoms with Crippen molar-refractivity contribution in [3.05, 3.63) is 28.8 Å². The van der Waals surface area contributed by atoms with Crippen molar-refractivity contribution >= 4 is 5.69 Å². The summed E-state index contributed by atoms with van der Waals surface area (Å²) in [7, 11) is 0. The molecule has 1 rings (SSSR count). The van der Waals surface area contributed by atoms with Crippen molar-refractivity contribution in [1.29, 1.82) is 0 Å². The zero-order valence-corrected chi connectivity index (χ0v) is 8.77. The summed E-state index contributed by atoms with van der Waals surface area (Å²) in [5.74, 6) is 0. The Morgan fingerprint density at radius 2 is 1.85 bits per heavy atom. The number of aryl methyl sites for hydroxylation is 1.